The number of nitrogens with two attached hydrogens (primary N) is 1. The average molecular weight is 349 g/mol. The Kier molecular flexibility index (Phi) is 6.82. The highest BCUT2D eigenvalue weighted by molar-refractivity contribution is 5.85. The normalized spacial score (nSPS) is 19.7. The number of nitrogens with one attached hydrogen (secondary N) is 1. The van der Waals surface area contributed by atoms with Crippen LogP contribution in [-0.4, -0.2) is 28.3 Å². The second kappa shape index (κ2) is 8.85. The second-order valence-corrected chi connectivity index (χ2v) is 6.23. The van der Waals surface area contributed by atoms with Crippen molar-refractivity contribution in [2.45, 2.75) is 38.1 Å². The molecule has 1 fully saturated rings. The third kappa shape index (κ3) is 4.58. The monoisotopic (exact) mass is 348 g/mol. The van der Waals surface area contributed by atoms with Gasteiger partial charge in [0, 0.05) is 18.7 Å². The first-order valence-electron chi connectivity index (χ1n) is 8.34. The summed E-state index contributed by atoms with van der Waals surface area (Å²) in [5.41, 5.74) is 7.86. The maximum absolute atomic E-state index is 12.1. The molecule has 1 amide bonds. The highest BCUT2D eigenvalue weighted by atomic mass is 35.5. The van der Waals surface area contributed by atoms with Crippen LogP contribution < -0.4 is 11.1 Å². The summed E-state index contributed by atoms with van der Waals surface area (Å²) in [5.74, 6) is 0.558. The first-order chi connectivity index (χ1) is 11.3. The SMILES string of the molecule is Cl.NCC1CCCC1NC(=O)CCc1cnn(-c2ccccc2)c1. The molecule has 0 radical (unpaired) electrons. The fourth-order valence-electron chi connectivity index (χ4n) is 3.26. The quantitative estimate of drug-likeness (QED) is 0.842. The molecule has 0 saturated heterocycles. The van der Waals surface area contributed by atoms with Crippen molar-refractivity contribution in [3.05, 3.63) is 48.3 Å². The number of carbonyl (C=O) groups excluding carboxylic acids is 1. The van der Waals surface area contributed by atoms with Gasteiger partial charge in [-0.2, -0.15) is 5.10 Å². The van der Waals surface area contributed by atoms with Gasteiger partial charge in [0.25, 0.3) is 0 Å². The summed E-state index contributed by atoms with van der Waals surface area (Å²) in [6.45, 7) is 0.662. The number of rotatable bonds is 6. The van der Waals surface area contributed by atoms with Crippen LogP contribution in [-0.2, 0) is 11.2 Å². The third-order valence-electron chi connectivity index (χ3n) is 4.61. The van der Waals surface area contributed by atoms with Crippen LogP contribution in [0, 0.1) is 5.92 Å². The van der Waals surface area contributed by atoms with E-state index in [1.54, 1.807) is 0 Å². The van der Waals surface area contributed by atoms with Crippen molar-refractivity contribution in [3.63, 3.8) is 0 Å². The van der Waals surface area contributed by atoms with Crippen LogP contribution in [0.2, 0.25) is 0 Å². The molecule has 6 heteroatoms. The smallest absolute Gasteiger partial charge is 0.220 e. The summed E-state index contributed by atoms with van der Waals surface area (Å²) in [5, 5.41) is 7.50. The molecule has 1 heterocycles. The fraction of sp³-hybridized carbons (Fsp3) is 0.444. The largest absolute Gasteiger partial charge is 0.353 e. The lowest BCUT2D eigenvalue weighted by atomic mass is 10.0. The van der Waals surface area contributed by atoms with E-state index in [-0.39, 0.29) is 24.4 Å². The number of halogens is 1. The maximum Gasteiger partial charge on any atom is 0.220 e. The predicted molar refractivity (Wildman–Crippen MR) is 97.5 cm³/mol. The van der Waals surface area contributed by atoms with Crippen molar-refractivity contribution >= 4 is 18.3 Å². The van der Waals surface area contributed by atoms with Crippen LogP contribution in [0.3, 0.4) is 0 Å². The molecular weight excluding hydrogens is 324 g/mol. The molecule has 0 aliphatic heterocycles. The number of carbonyl (C=O) groups is 1. The molecule has 0 spiro atoms. The summed E-state index contributed by atoms with van der Waals surface area (Å²) in [7, 11) is 0. The Labute approximate surface area is 149 Å². The van der Waals surface area contributed by atoms with Crippen molar-refractivity contribution in [1.82, 2.24) is 15.1 Å². The van der Waals surface area contributed by atoms with Crippen LogP contribution >= 0.6 is 12.4 Å². The van der Waals surface area contributed by atoms with Crippen LogP contribution in [0.1, 0.15) is 31.2 Å². The van der Waals surface area contributed by atoms with Gasteiger partial charge in [-0.1, -0.05) is 24.6 Å². The zero-order chi connectivity index (χ0) is 16.1. The van der Waals surface area contributed by atoms with Gasteiger partial charge in [0.2, 0.25) is 5.91 Å². The molecule has 1 aliphatic rings. The van der Waals surface area contributed by atoms with Crippen molar-refractivity contribution in [1.29, 1.82) is 0 Å². The lowest BCUT2D eigenvalue weighted by molar-refractivity contribution is -0.122. The Hall–Kier alpha value is -1.85. The Morgan fingerprint density at radius 3 is 2.83 bits per heavy atom. The van der Waals surface area contributed by atoms with E-state index < -0.39 is 0 Å². The molecule has 2 aromatic rings. The van der Waals surface area contributed by atoms with Gasteiger partial charge in [0.05, 0.1) is 11.9 Å². The van der Waals surface area contributed by atoms with E-state index in [1.807, 2.05) is 47.4 Å². The Morgan fingerprint density at radius 2 is 2.08 bits per heavy atom. The van der Waals surface area contributed by atoms with Gasteiger partial charge < -0.3 is 11.1 Å². The van der Waals surface area contributed by atoms with Crippen LogP contribution in [0.15, 0.2) is 42.7 Å². The van der Waals surface area contributed by atoms with Gasteiger partial charge in [-0.25, -0.2) is 4.68 Å². The minimum Gasteiger partial charge on any atom is -0.353 e. The van der Waals surface area contributed by atoms with Crippen LogP contribution in [0.4, 0.5) is 0 Å². The number of hydrogen-bond acceptors (Lipinski definition) is 3. The lowest BCUT2D eigenvalue weighted by Gasteiger charge is -2.19. The topological polar surface area (TPSA) is 72.9 Å². The van der Waals surface area contributed by atoms with Crippen LogP contribution in [0.5, 0.6) is 0 Å². The first-order valence-corrected chi connectivity index (χ1v) is 8.34. The van der Waals surface area contributed by atoms with Crippen molar-refractivity contribution < 1.29 is 4.79 Å². The van der Waals surface area contributed by atoms with Gasteiger partial charge in [-0.05, 0) is 49.4 Å². The molecule has 1 aromatic heterocycles. The number of hydrogen-bond donors (Lipinski definition) is 2. The molecule has 2 unspecified atom stereocenters. The summed E-state index contributed by atoms with van der Waals surface area (Å²) in [4.78, 5) is 12.1. The number of para-hydroxylation sites is 1. The molecule has 1 aliphatic carbocycles. The Morgan fingerprint density at radius 1 is 1.29 bits per heavy atom. The predicted octanol–water partition coefficient (Wildman–Crippen LogP) is 2.47. The van der Waals surface area contributed by atoms with Crippen LogP contribution in [0.25, 0.3) is 5.69 Å². The van der Waals surface area contributed by atoms with E-state index in [1.165, 1.54) is 0 Å². The Balaban J connectivity index is 0.00000208. The molecule has 1 aromatic carbocycles. The highest BCUT2D eigenvalue weighted by Gasteiger charge is 2.27. The zero-order valence-corrected chi connectivity index (χ0v) is 14.5. The average Bonchev–Trinajstić information content (AvgIpc) is 3.23. The Bertz CT molecular complexity index is 643. The van der Waals surface area contributed by atoms with E-state index in [9.17, 15) is 4.79 Å². The van der Waals surface area contributed by atoms with Gasteiger partial charge in [-0.3, -0.25) is 4.79 Å². The van der Waals surface area contributed by atoms with E-state index in [2.05, 4.69) is 10.4 Å². The van der Waals surface area contributed by atoms with E-state index in [4.69, 9.17) is 5.73 Å². The number of benzene rings is 1. The molecule has 24 heavy (non-hydrogen) atoms. The van der Waals surface area contributed by atoms with Gasteiger partial charge in [0.15, 0.2) is 0 Å². The number of aromatic nitrogens is 2. The first kappa shape index (κ1) is 18.5. The molecule has 3 rings (SSSR count). The molecule has 1 saturated carbocycles. The van der Waals surface area contributed by atoms with Gasteiger partial charge >= 0.3 is 0 Å². The summed E-state index contributed by atoms with van der Waals surface area (Å²) in [6, 6.07) is 10.2. The number of nitrogens with zero attached hydrogens (tertiary/aromatic N) is 2. The molecule has 130 valence electrons. The summed E-state index contributed by atoms with van der Waals surface area (Å²) >= 11 is 0. The molecule has 0 bridgehead atoms. The third-order valence-corrected chi connectivity index (χ3v) is 4.61. The fourth-order valence-corrected chi connectivity index (χ4v) is 3.26. The van der Waals surface area contributed by atoms with E-state index >= 15 is 0 Å². The maximum atomic E-state index is 12.1. The van der Waals surface area contributed by atoms with Gasteiger partial charge in [-0.15, -0.1) is 12.4 Å². The summed E-state index contributed by atoms with van der Waals surface area (Å²) < 4.78 is 1.84. The lowest BCUT2D eigenvalue weighted by Crippen LogP contribution is -2.39. The minimum absolute atomic E-state index is 0. The molecule has 5 nitrogen and oxygen atoms in total. The number of aryl methyl sites for hydroxylation is 1. The molecule has 3 N–H and O–H groups in total. The van der Waals surface area contributed by atoms with Gasteiger partial charge in [0.1, 0.15) is 0 Å². The van der Waals surface area contributed by atoms with E-state index in [0.29, 0.717) is 25.3 Å². The standard InChI is InChI=1S/C18H24N4O.ClH/c19-11-15-5-4-8-17(15)21-18(23)10-9-14-12-20-22(13-14)16-6-2-1-3-7-16;/h1-3,6-7,12-13,15,17H,4-5,8-11,19H2,(H,21,23);1H. The second-order valence-electron chi connectivity index (χ2n) is 6.23. The minimum atomic E-state index is 0. The molecule has 2 atom stereocenters. The molecular formula is C18H25ClN4O. The highest BCUT2D eigenvalue weighted by Crippen LogP contribution is 2.24. The zero-order valence-electron chi connectivity index (χ0n) is 13.7. The van der Waals surface area contributed by atoms with Crippen molar-refractivity contribution in [2.75, 3.05) is 6.54 Å². The van der Waals surface area contributed by atoms with Crippen molar-refractivity contribution in [2.24, 2.45) is 11.7 Å². The number of amides is 1. The van der Waals surface area contributed by atoms with Crippen molar-refractivity contribution in [3.8, 4) is 5.69 Å². The summed E-state index contributed by atoms with van der Waals surface area (Å²) in [6.07, 6.45) is 8.37. The van der Waals surface area contributed by atoms with E-state index in [0.717, 1.165) is 30.5 Å².